The van der Waals surface area contributed by atoms with Crippen molar-refractivity contribution >= 4 is 11.6 Å². The van der Waals surface area contributed by atoms with E-state index < -0.39 is 0 Å². The van der Waals surface area contributed by atoms with Crippen molar-refractivity contribution in [1.29, 1.82) is 0 Å². The van der Waals surface area contributed by atoms with Crippen LogP contribution in [0.2, 0.25) is 0 Å². The summed E-state index contributed by atoms with van der Waals surface area (Å²) in [6.07, 6.45) is 1.86. The van der Waals surface area contributed by atoms with Crippen LogP contribution in [0.3, 0.4) is 0 Å². The summed E-state index contributed by atoms with van der Waals surface area (Å²) in [5.74, 6) is 0.665. The van der Waals surface area contributed by atoms with Crippen LogP contribution in [0.4, 0.5) is 0 Å². The molecule has 12 heavy (non-hydrogen) atoms. The largest absolute Gasteiger partial charge is 0.382 e. The molecule has 0 aliphatic carbocycles. The third-order valence-electron chi connectivity index (χ3n) is 1.74. The van der Waals surface area contributed by atoms with E-state index in [1.165, 1.54) is 0 Å². The van der Waals surface area contributed by atoms with Gasteiger partial charge in [-0.1, -0.05) is 0 Å². The maximum atomic E-state index is 5.54. The second-order valence-corrected chi connectivity index (χ2v) is 3.19. The normalized spacial score (nSPS) is 29.5. The lowest BCUT2D eigenvalue weighted by Crippen LogP contribution is -2.17. The molecule has 0 aromatic heterocycles. The minimum Gasteiger partial charge on any atom is -0.382 e. The van der Waals surface area contributed by atoms with E-state index in [0.29, 0.717) is 19.1 Å². The van der Waals surface area contributed by atoms with E-state index in [4.69, 9.17) is 25.8 Å². The second-order valence-electron chi connectivity index (χ2n) is 2.81. The maximum absolute atomic E-state index is 5.54. The average Bonchev–Trinajstić information content (AvgIpc) is 2.50. The van der Waals surface area contributed by atoms with Crippen LogP contribution >= 0.6 is 11.6 Å². The topological polar surface area (TPSA) is 27.7 Å². The summed E-state index contributed by atoms with van der Waals surface area (Å²) in [6.45, 7) is 1.25. The molecule has 2 atom stereocenters. The number of hydrogen-bond acceptors (Lipinski definition) is 3. The van der Waals surface area contributed by atoms with Gasteiger partial charge in [0.25, 0.3) is 0 Å². The second kappa shape index (κ2) is 5.75. The van der Waals surface area contributed by atoms with Gasteiger partial charge in [-0.05, 0) is 12.8 Å². The molecule has 72 valence electrons. The third-order valence-corrected chi connectivity index (χ3v) is 2.01. The number of ether oxygens (including phenoxy) is 3. The van der Waals surface area contributed by atoms with Gasteiger partial charge in [0.2, 0.25) is 0 Å². The van der Waals surface area contributed by atoms with Gasteiger partial charge in [0, 0.05) is 13.0 Å². The van der Waals surface area contributed by atoms with Gasteiger partial charge in [0.15, 0.2) is 6.29 Å². The summed E-state index contributed by atoms with van der Waals surface area (Å²) in [7, 11) is 1.66. The Morgan fingerprint density at radius 1 is 1.58 bits per heavy atom. The van der Waals surface area contributed by atoms with Gasteiger partial charge in [-0.3, -0.25) is 0 Å². The van der Waals surface area contributed by atoms with E-state index in [1.54, 1.807) is 7.11 Å². The van der Waals surface area contributed by atoms with Crippen molar-refractivity contribution in [2.45, 2.75) is 25.2 Å². The molecule has 0 N–H and O–H groups in total. The predicted molar refractivity (Wildman–Crippen MR) is 46.4 cm³/mol. The SMILES string of the molecule is COCC1COC(CCCCl)O1. The highest BCUT2D eigenvalue weighted by Crippen LogP contribution is 2.16. The van der Waals surface area contributed by atoms with Crippen molar-refractivity contribution in [3.05, 3.63) is 0 Å². The van der Waals surface area contributed by atoms with Crippen molar-refractivity contribution in [2.75, 3.05) is 26.2 Å². The number of methoxy groups -OCH3 is 1. The van der Waals surface area contributed by atoms with Crippen LogP contribution in [-0.4, -0.2) is 38.6 Å². The summed E-state index contributed by atoms with van der Waals surface area (Å²) >= 11 is 5.54. The van der Waals surface area contributed by atoms with Gasteiger partial charge >= 0.3 is 0 Å². The van der Waals surface area contributed by atoms with E-state index in [-0.39, 0.29) is 12.4 Å². The number of hydrogen-bond donors (Lipinski definition) is 0. The summed E-state index contributed by atoms with van der Waals surface area (Å²) in [4.78, 5) is 0. The fourth-order valence-corrected chi connectivity index (χ4v) is 1.33. The first kappa shape index (κ1) is 10.3. The molecule has 1 rings (SSSR count). The molecule has 1 saturated heterocycles. The van der Waals surface area contributed by atoms with Crippen LogP contribution in [0.1, 0.15) is 12.8 Å². The zero-order valence-corrected chi connectivity index (χ0v) is 8.05. The first-order valence-electron chi connectivity index (χ1n) is 4.18. The van der Waals surface area contributed by atoms with E-state index >= 15 is 0 Å². The quantitative estimate of drug-likeness (QED) is 0.620. The minimum atomic E-state index is -0.0658. The summed E-state index contributed by atoms with van der Waals surface area (Å²) in [5.41, 5.74) is 0. The molecule has 2 unspecified atom stereocenters. The fourth-order valence-electron chi connectivity index (χ4n) is 1.18. The van der Waals surface area contributed by atoms with Crippen molar-refractivity contribution in [1.82, 2.24) is 0 Å². The molecule has 0 spiro atoms. The Hall–Kier alpha value is 0.170. The van der Waals surface area contributed by atoms with Gasteiger partial charge < -0.3 is 14.2 Å². The van der Waals surface area contributed by atoms with Crippen LogP contribution in [0.15, 0.2) is 0 Å². The smallest absolute Gasteiger partial charge is 0.158 e. The molecule has 3 nitrogen and oxygen atoms in total. The highest BCUT2D eigenvalue weighted by atomic mass is 35.5. The Morgan fingerprint density at radius 2 is 2.42 bits per heavy atom. The Bertz CT molecular complexity index is 121. The zero-order chi connectivity index (χ0) is 8.81. The summed E-state index contributed by atoms with van der Waals surface area (Å²) in [5, 5.41) is 0. The standard InChI is InChI=1S/C8H15ClO3/c1-10-5-7-6-11-8(12-7)3-2-4-9/h7-8H,2-6H2,1H3. The highest BCUT2D eigenvalue weighted by Gasteiger charge is 2.24. The van der Waals surface area contributed by atoms with Gasteiger partial charge in [-0.25, -0.2) is 0 Å². The lowest BCUT2D eigenvalue weighted by Gasteiger charge is -2.09. The Labute approximate surface area is 77.9 Å². The van der Waals surface area contributed by atoms with Gasteiger partial charge in [-0.2, -0.15) is 0 Å². The van der Waals surface area contributed by atoms with Crippen LogP contribution in [0.5, 0.6) is 0 Å². The van der Waals surface area contributed by atoms with Crippen LogP contribution < -0.4 is 0 Å². The third kappa shape index (κ3) is 3.27. The van der Waals surface area contributed by atoms with Crippen LogP contribution in [0.25, 0.3) is 0 Å². The Balaban J connectivity index is 2.08. The first-order chi connectivity index (χ1) is 5.86. The van der Waals surface area contributed by atoms with E-state index in [1.807, 2.05) is 0 Å². The monoisotopic (exact) mass is 194 g/mol. The molecule has 1 fully saturated rings. The highest BCUT2D eigenvalue weighted by molar-refractivity contribution is 6.17. The molecular formula is C8H15ClO3. The number of alkyl halides is 1. The van der Waals surface area contributed by atoms with E-state index in [2.05, 4.69) is 0 Å². The molecule has 0 amide bonds. The molecule has 0 aromatic carbocycles. The molecule has 4 heteroatoms. The van der Waals surface area contributed by atoms with Gasteiger partial charge in [-0.15, -0.1) is 11.6 Å². The van der Waals surface area contributed by atoms with Crippen molar-refractivity contribution in [2.24, 2.45) is 0 Å². The van der Waals surface area contributed by atoms with Crippen molar-refractivity contribution in [3.63, 3.8) is 0 Å². The Kier molecular flexibility index (Phi) is 4.92. The molecule has 0 radical (unpaired) electrons. The van der Waals surface area contributed by atoms with Crippen molar-refractivity contribution < 1.29 is 14.2 Å². The molecule has 1 aliphatic heterocycles. The summed E-state index contributed by atoms with van der Waals surface area (Å²) < 4.78 is 15.8. The zero-order valence-electron chi connectivity index (χ0n) is 7.29. The molecule has 0 bridgehead atoms. The molecule has 1 heterocycles. The Morgan fingerprint density at radius 3 is 3.08 bits per heavy atom. The fraction of sp³-hybridized carbons (Fsp3) is 1.00. The minimum absolute atomic E-state index is 0.0658. The first-order valence-corrected chi connectivity index (χ1v) is 4.72. The van der Waals surface area contributed by atoms with E-state index in [9.17, 15) is 0 Å². The number of halogens is 1. The predicted octanol–water partition coefficient (Wildman–Crippen LogP) is 1.39. The number of rotatable bonds is 5. The van der Waals surface area contributed by atoms with Gasteiger partial charge in [0.1, 0.15) is 6.10 Å². The molecule has 1 aliphatic rings. The average molecular weight is 195 g/mol. The molecule has 0 aromatic rings. The maximum Gasteiger partial charge on any atom is 0.158 e. The lowest BCUT2D eigenvalue weighted by atomic mass is 10.3. The molecule has 0 saturated carbocycles. The van der Waals surface area contributed by atoms with Gasteiger partial charge in [0.05, 0.1) is 13.2 Å². The lowest BCUT2D eigenvalue weighted by molar-refractivity contribution is -0.0718. The van der Waals surface area contributed by atoms with Crippen LogP contribution in [0, 0.1) is 0 Å². The van der Waals surface area contributed by atoms with E-state index in [0.717, 1.165) is 12.8 Å². The molecular weight excluding hydrogens is 180 g/mol. The van der Waals surface area contributed by atoms with Crippen molar-refractivity contribution in [3.8, 4) is 0 Å². The summed E-state index contributed by atoms with van der Waals surface area (Å²) in [6, 6.07) is 0. The van der Waals surface area contributed by atoms with Crippen LogP contribution in [-0.2, 0) is 14.2 Å².